The molecule has 0 aliphatic heterocycles. The number of aromatic carboxylic acids is 1. The molecule has 0 fully saturated rings. The van der Waals surface area contributed by atoms with E-state index in [1.54, 1.807) is 0 Å². The highest BCUT2D eigenvalue weighted by Crippen LogP contribution is 2.13. The number of nitrogens with zero attached hydrogens (tertiary/aromatic N) is 1. The lowest BCUT2D eigenvalue weighted by Gasteiger charge is -2.15. The molecule has 0 heterocycles. The van der Waals surface area contributed by atoms with Gasteiger partial charge in [0.2, 0.25) is 0 Å². The molecule has 4 heteroatoms. The minimum absolute atomic E-state index is 0.164. The van der Waals surface area contributed by atoms with Crippen LogP contribution in [0.25, 0.3) is 0 Å². The summed E-state index contributed by atoms with van der Waals surface area (Å²) in [7, 11) is 1.86. The first-order valence-corrected chi connectivity index (χ1v) is 4.75. The summed E-state index contributed by atoms with van der Waals surface area (Å²) in [4.78, 5) is 12.8. The fraction of sp³-hybridized carbons (Fsp3) is 0.364. The van der Waals surface area contributed by atoms with E-state index in [0.717, 1.165) is 6.54 Å². The van der Waals surface area contributed by atoms with E-state index in [1.807, 2.05) is 18.9 Å². The van der Waals surface area contributed by atoms with Gasteiger partial charge in [-0.2, -0.15) is 0 Å². The smallest absolute Gasteiger partial charge is 0.336 e. The summed E-state index contributed by atoms with van der Waals surface area (Å²) in [5.41, 5.74) is 0.670. The van der Waals surface area contributed by atoms with E-state index in [9.17, 15) is 9.18 Å². The Morgan fingerprint density at radius 2 is 2.20 bits per heavy atom. The molecular formula is C11H14FNO2. The second-order valence-corrected chi connectivity index (χ2v) is 3.44. The zero-order valence-corrected chi connectivity index (χ0v) is 8.83. The predicted octanol–water partition coefficient (Wildman–Crippen LogP) is 1.98. The zero-order chi connectivity index (χ0) is 11.4. The topological polar surface area (TPSA) is 40.5 Å². The van der Waals surface area contributed by atoms with Crippen LogP contribution < -0.4 is 0 Å². The number of hydrogen-bond donors (Lipinski definition) is 1. The molecule has 15 heavy (non-hydrogen) atoms. The van der Waals surface area contributed by atoms with Gasteiger partial charge in [0.05, 0.1) is 5.56 Å². The molecule has 1 N–H and O–H groups in total. The van der Waals surface area contributed by atoms with Crippen LogP contribution in [0.15, 0.2) is 18.2 Å². The summed E-state index contributed by atoms with van der Waals surface area (Å²) in [6.07, 6.45) is 0. The number of benzene rings is 1. The molecule has 3 nitrogen and oxygen atoms in total. The fourth-order valence-corrected chi connectivity index (χ4v) is 1.30. The molecule has 1 aromatic rings. The van der Waals surface area contributed by atoms with Crippen LogP contribution >= 0.6 is 0 Å². The largest absolute Gasteiger partial charge is 0.478 e. The molecule has 0 aromatic heterocycles. The maximum absolute atomic E-state index is 13.0. The van der Waals surface area contributed by atoms with Crippen molar-refractivity contribution in [3.8, 4) is 0 Å². The third kappa shape index (κ3) is 3.02. The third-order valence-electron chi connectivity index (χ3n) is 2.28. The molecule has 0 aliphatic carbocycles. The maximum atomic E-state index is 13.0. The normalized spacial score (nSPS) is 10.7. The van der Waals surface area contributed by atoms with Gasteiger partial charge in [-0.15, -0.1) is 0 Å². The summed E-state index contributed by atoms with van der Waals surface area (Å²) in [5, 5.41) is 8.90. The van der Waals surface area contributed by atoms with Crippen molar-refractivity contribution >= 4 is 5.97 Å². The predicted molar refractivity (Wildman–Crippen MR) is 55.4 cm³/mol. The second-order valence-electron chi connectivity index (χ2n) is 3.44. The van der Waals surface area contributed by atoms with Crippen LogP contribution in [0.1, 0.15) is 22.8 Å². The Balaban J connectivity index is 3.02. The van der Waals surface area contributed by atoms with Gasteiger partial charge in [0.25, 0.3) is 0 Å². The Labute approximate surface area is 88.1 Å². The van der Waals surface area contributed by atoms with Gasteiger partial charge in [0.15, 0.2) is 0 Å². The van der Waals surface area contributed by atoms with Gasteiger partial charge in [-0.1, -0.05) is 6.92 Å². The molecule has 0 spiro atoms. The highest BCUT2D eigenvalue weighted by atomic mass is 19.1. The van der Waals surface area contributed by atoms with Crippen LogP contribution in [0.3, 0.4) is 0 Å². The van der Waals surface area contributed by atoms with Crippen molar-refractivity contribution in [2.45, 2.75) is 13.5 Å². The molecule has 0 amide bonds. The van der Waals surface area contributed by atoms with Crippen molar-refractivity contribution in [3.05, 3.63) is 35.1 Å². The number of hydrogen-bond acceptors (Lipinski definition) is 2. The summed E-state index contributed by atoms with van der Waals surface area (Å²) >= 11 is 0. The molecule has 0 radical (unpaired) electrons. The number of carbonyl (C=O) groups is 1. The molecule has 1 aromatic carbocycles. The summed E-state index contributed by atoms with van der Waals surface area (Å²) < 4.78 is 13.0. The Kier molecular flexibility index (Phi) is 3.80. The zero-order valence-electron chi connectivity index (χ0n) is 8.83. The molecule has 0 unspecified atom stereocenters. The number of carboxylic acid groups (broad SMARTS) is 1. The third-order valence-corrected chi connectivity index (χ3v) is 2.28. The summed E-state index contributed by atoms with van der Waals surface area (Å²) in [6.45, 7) is 3.19. The number of rotatable bonds is 4. The van der Waals surface area contributed by atoms with Gasteiger partial charge in [0.1, 0.15) is 5.82 Å². The monoisotopic (exact) mass is 211 g/mol. The van der Waals surface area contributed by atoms with Crippen LogP contribution in [0.2, 0.25) is 0 Å². The van der Waals surface area contributed by atoms with E-state index >= 15 is 0 Å². The van der Waals surface area contributed by atoms with Crippen molar-refractivity contribution in [2.24, 2.45) is 0 Å². The van der Waals surface area contributed by atoms with Crippen molar-refractivity contribution in [1.82, 2.24) is 4.90 Å². The molecular weight excluding hydrogens is 197 g/mol. The Hall–Kier alpha value is -1.42. The van der Waals surface area contributed by atoms with Gasteiger partial charge in [-0.05, 0) is 37.4 Å². The second kappa shape index (κ2) is 4.89. The minimum Gasteiger partial charge on any atom is -0.478 e. The first kappa shape index (κ1) is 11.7. The van der Waals surface area contributed by atoms with Gasteiger partial charge >= 0.3 is 5.97 Å². The van der Waals surface area contributed by atoms with E-state index < -0.39 is 11.8 Å². The lowest BCUT2D eigenvalue weighted by molar-refractivity contribution is 0.0694. The van der Waals surface area contributed by atoms with Crippen molar-refractivity contribution in [1.29, 1.82) is 0 Å². The first-order chi connectivity index (χ1) is 7.04. The highest BCUT2D eigenvalue weighted by molar-refractivity contribution is 5.89. The first-order valence-electron chi connectivity index (χ1n) is 4.75. The number of carboxylic acids is 1. The highest BCUT2D eigenvalue weighted by Gasteiger charge is 2.11. The van der Waals surface area contributed by atoms with E-state index in [2.05, 4.69) is 0 Å². The average molecular weight is 211 g/mol. The van der Waals surface area contributed by atoms with Crippen molar-refractivity contribution < 1.29 is 14.3 Å². The van der Waals surface area contributed by atoms with E-state index in [0.29, 0.717) is 12.1 Å². The van der Waals surface area contributed by atoms with Crippen molar-refractivity contribution in [3.63, 3.8) is 0 Å². The van der Waals surface area contributed by atoms with Crippen LogP contribution in [0.4, 0.5) is 4.39 Å². The Morgan fingerprint density at radius 1 is 1.53 bits per heavy atom. The average Bonchev–Trinajstić information content (AvgIpc) is 2.17. The molecule has 0 bridgehead atoms. The van der Waals surface area contributed by atoms with E-state index in [-0.39, 0.29) is 5.56 Å². The standard InChI is InChI=1S/C11H14FNO2/c1-3-13(2)7-8-6-9(12)4-5-10(8)11(14)15/h4-6H,3,7H2,1-2H3,(H,14,15). The van der Waals surface area contributed by atoms with Crippen molar-refractivity contribution in [2.75, 3.05) is 13.6 Å². The van der Waals surface area contributed by atoms with Crippen LogP contribution in [-0.2, 0) is 6.54 Å². The van der Waals surface area contributed by atoms with E-state index in [4.69, 9.17) is 5.11 Å². The van der Waals surface area contributed by atoms with Crippen LogP contribution in [-0.4, -0.2) is 29.6 Å². The molecule has 0 saturated heterocycles. The van der Waals surface area contributed by atoms with Gasteiger partial charge in [-0.25, -0.2) is 9.18 Å². The summed E-state index contributed by atoms with van der Waals surface area (Å²) in [5.74, 6) is -1.42. The van der Waals surface area contributed by atoms with Gasteiger partial charge in [-0.3, -0.25) is 0 Å². The molecule has 0 aliphatic rings. The minimum atomic E-state index is -1.02. The van der Waals surface area contributed by atoms with Crippen LogP contribution in [0.5, 0.6) is 0 Å². The van der Waals surface area contributed by atoms with E-state index in [1.165, 1.54) is 18.2 Å². The quantitative estimate of drug-likeness (QED) is 0.827. The molecule has 0 atom stereocenters. The van der Waals surface area contributed by atoms with Gasteiger partial charge < -0.3 is 10.0 Å². The molecule has 0 saturated carbocycles. The molecule has 1 rings (SSSR count). The summed E-state index contributed by atoms with van der Waals surface area (Å²) in [6, 6.07) is 3.74. The lowest BCUT2D eigenvalue weighted by Crippen LogP contribution is -2.19. The van der Waals surface area contributed by atoms with Crippen LogP contribution in [0, 0.1) is 5.82 Å². The maximum Gasteiger partial charge on any atom is 0.336 e. The lowest BCUT2D eigenvalue weighted by atomic mass is 10.1. The fourth-order valence-electron chi connectivity index (χ4n) is 1.30. The Morgan fingerprint density at radius 3 is 2.73 bits per heavy atom. The SMILES string of the molecule is CCN(C)Cc1cc(F)ccc1C(=O)O. The molecule has 82 valence electrons. The Bertz CT molecular complexity index is 366. The van der Waals surface area contributed by atoms with Gasteiger partial charge in [0, 0.05) is 6.54 Å². The number of halogens is 1.